The maximum atomic E-state index is 12.6. The Hall–Kier alpha value is -2.06. The molecule has 0 aromatic rings. The lowest BCUT2D eigenvalue weighted by Crippen LogP contribution is -2.28. The van der Waals surface area contributed by atoms with Gasteiger partial charge in [-0.1, -0.05) is 164 Å². The van der Waals surface area contributed by atoms with E-state index < -0.39 is 13.9 Å². The Labute approximate surface area is 337 Å². The van der Waals surface area contributed by atoms with Crippen LogP contribution in [0.15, 0.2) is 72.9 Å². The molecule has 0 saturated carbocycles. The lowest BCUT2D eigenvalue weighted by Gasteiger charge is -2.20. The zero-order valence-corrected chi connectivity index (χ0v) is 36.0. The molecule has 318 valence electrons. The predicted octanol–water partition coefficient (Wildman–Crippen LogP) is 13.1. The van der Waals surface area contributed by atoms with Gasteiger partial charge < -0.3 is 20.1 Å². The van der Waals surface area contributed by atoms with E-state index in [1.54, 1.807) is 0 Å². The van der Waals surface area contributed by atoms with Gasteiger partial charge in [-0.05, 0) is 77.0 Å². The van der Waals surface area contributed by atoms with E-state index in [0.29, 0.717) is 13.0 Å². The van der Waals surface area contributed by atoms with Crippen molar-refractivity contribution >= 4 is 13.8 Å². The number of phosphoric acid groups is 1. The molecule has 0 aliphatic heterocycles. The second kappa shape index (κ2) is 43.1. The summed E-state index contributed by atoms with van der Waals surface area (Å²) in [7, 11) is -4.29. The Balaban J connectivity index is 4.03. The van der Waals surface area contributed by atoms with Gasteiger partial charge in [0.05, 0.1) is 19.8 Å². The van der Waals surface area contributed by atoms with E-state index >= 15 is 0 Å². The second-order valence-corrected chi connectivity index (χ2v) is 15.6. The smallest absolute Gasteiger partial charge is 0.457 e. The van der Waals surface area contributed by atoms with Crippen LogP contribution in [-0.4, -0.2) is 49.9 Å². The van der Waals surface area contributed by atoms with Gasteiger partial charge >= 0.3 is 13.8 Å². The Morgan fingerprint density at radius 2 is 1.02 bits per heavy atom. The fourth-order valence-corrected chi connectivity index (χ4v) is 6.42. The molecular formula is C46H82NO7P. The third kappa shape index (κ3) is 42.9. The number of hydrogen-bond donors (Lipinski definition) is 2. The highest BCUT2D eigenvalue weighted by Crippen LogP contribution is 2.43. The van der Waals surface area contributed by atoms with Crippen molar-refractivity contribution in [3.8, 4) is 0 Å². The standard InChI is InChI=1S/C46H82NO7P/c1-3-5-7-9-11-13-15-17-19-20-21-22-23-24-25-26-28-30-32-34-36-38-41-51-43-45(44-53-55(49,50)52-42-40-47)54-46(48)39-37-35-33-31-29-27-18-16-14-12-10-8-6-4-2/h5,7,10-13,16-19,21-22,45H,3-4,6,8-9,14-15,20,23-44,47H2,1-2H3,(H,49,50)/b7-5-,12-10-,13-11-,18-16-,19-17-,22-21-. The molecule has 0 amide bonds. The minimum Gasteiger partial charge on any atom is -0.457 e. The first-order valence-electron chi connectivity index (χ1n) is 21.9. The summed E-state index contributed by atoms with van der Waals surface area (Å²) in [6.45, 7) is 4.72. The van der Waals surface area contributed by atoms with Gasteiger partial charge in [0.25, 0.3) is 0 Å². The average Bonchev–Trinajstić information content (AvgIpc) is 3.17. The summed E-state index contributed by atoms with van der Waals surface area (Å²) in [6, 6.07) is 0. The van der Waals surface area contributed by atoms with Crippen molar-refractivity contribution < 1.29 is 32.8 Å². The zero-order chi connectivity index (χ0) is 40.2. The number of ether oxygens (including phenoxy) is 2. The van der Waals surface area contributed by atoms with Gasteiger partial charge in [0.2, 0.25) is 0 Å². The number of carbonyl (C=O) groups is 1. The molecule has 3 N–H and O–H groups in total. The number of carbonyl (C=O) groups excluding carboxylic acids is 1. The molecule has 0 aromatic heterocycles. The van der Waals surface area contributed by atoms with Crippen molar-refractivity contribution in [3.05, 3.63) is 72.9 Å². The molecule has 0 rings (SSSR count). The van der Waals surface area contributed by atoms with E-state index in [9.17, 15) is 14.3 Å². The molecule has 2 unspecified atom stereocenters. The van der Waals surface area contributed by atoms with Gasteiger partial charge in [0.15, 0.2) is 0 Å². The number of allylic oxidation sites excluding steroid dienone is 12. The largest absolute Gasteiger partial charge is 0.472 e. The highest BCUT2D eigenvalue weighted by atomic mass is 31.2. The van der Waals surface area contributed by atoms with Gasteiger partial charge in [-0.3, -0.25) is 13.8 Å². The number of hydrogen-bond acceptors (Lipinski definition) is 7. The molecule has 0 saturated heterocycles. The zero-order valence-electron chi connectivity index (χ0n) is 35.1. The Morgan fingerprint density at radius 1 is 0.564 bits per heavy atom. The molecule has 9 heteroatoms. The van der Waals surface area contributed by atoms with Crippen LogP contribution in [0.4, 0.5) is 0 Å². The van der Waals surface area contributed by atoms with Gasteiger partial charge in [0.1, 0.15) is 6.10 Å². The number of esters is 1. The molecule has 55 heavy (non-hydrogen) atoms. The second-order valence-electron chi connectivity index (χ2n) is 14.2. The highest BCUT2D eigenvalue weighted by Gasteiger charge is 2.25. The number of unbranched alkanes of at least 4 members (excludes halogenated alkanes) is 16. The predicted molar refractivity (Wildman–Crippen MR) is 233 cm³/mol. The summed E-state index contributed by atoms with van der Waals surface area (Å²) in [5, 5.41) is 0. The van der Waals surface area contributed by atoms with E-state index in [1.807, 2.05) is 0 Å². The Bertz CT molecular complexity index is 1070. The SMILES string of the molecule is CC/C=C\C/C=C\C/C=C\C/C=C\CCCCCCCCCCCOCC(COP(=O)(O)OCCN)OC(=O)CCCCCCC/C=C\C/C=C\CCCC. The summed E-state index contributed by atoms with van der Waals surface area (Å²) in [4.78, 5) is 22.5. The quantitative estimate of drug-likeness (QED) is 0.0272. The van der Waals surface area contributed by atoms with Crippen LogP contribution in [-0.2, 0) is 27.9 Å². The van der Waals surface area contributed by atoms with Crippen molar-refractivity contribution in [1.29, 1.82) is 0 Å². The van der Waals surface area contributed by atoms with Gasteiger partial charge in [-0.15, -0.1) is 0 Å². The third-order valence-electron chi connectivity index (χ3n) is 8.86. The molecule has 0 aromatic carbocycles. The Kier molecular flexibility index (Phi) is 41.5. The normalized spacial score (nSPS) is 14.2. The highest BCUT2D eigenvalue weighted by molar-refractivity contribution is 7.47. The molecule has 0 aliphatic carbocycles. The molecule has 8 nitrogen and oxygen atoms in total. The summed E-state index contributed by atoms with van der Waals surface area (Å²) in [5.41, 5.74) is 5.37. The maximum absolute atomic E-state index is 12.6. The Morgan fingerprint density at radius 3 is 1.53 bits per heavy atom. The summed E-state index contributed by atoms with van der Waals surface area (Å²) < 4.78 is 33.4. The average molecular weight is 792 g/mol. The fourth-order valence-electron chi connectivity index (χ4n) is 5.65. The van der Waals surface area contributed by atoms with E-state index in [1.165, 1.54) is 70.6 Å². The topological polar surface area (TPSA) is 117 Å². The molecule has 2 atom stereocenters. The van der Waals surface area contributed by atoms with Crippen molar-refractivity contribution in [3.63, 3.8) is 0 Å². The van der Waals surface area contributed by atoms with Crippen LogP contribution in [0.1, 0.15) is 174 Å². The van der Waals surface area contributed by atoms with Gasteiger partial charge in [-0.25, -0.2) is 4.57 Å². The summed E-state index contributed by atoms with van der Waals surface area (Å²) in [6.07, 6.45) is 53.5. The van der Waals surface area contributed by atoms with Crippen LogP contribution in [0.2, 0.25) is 0 Å². The molecule has 0 fully saturated rings. The van der Waals surface area contributed by atoms with Crippen LogP contribution in [0.3, 0.4) is 0 Å². The van der Waals surface area contributed by atoms with Crippen molar-refractivity contribution in [2.24, 2.45) is 5.73 Å². The van der Waals surface area contributed by atoms with E-state index in [4.69, 9.17) is 24.3 Å². The van der Waals surface area contributed by atoms with Crippen LogP contribution < -0.4 is 5.73 Å². The van der Waals surface area contributed by atoms with Crippen LogP contribution in [0.25, 0.3) is 0 Å². The monoisotopic (exact) mass is 792 g/mol. The molecule has 0 bridgehead atoms. The van der Waals surface area contributed by atoms with Gasteiger partial charge in [-0.2, -0.15) is 0 Å². The maximum Gasteiger partial charge on any atom is 0.472 e. The first-order valence-corrected chi connectivity index (χ1v) is 23.4. The number of rotatable bonds is 41. The minimum absolute atomic E-state index is 0.0934. The lowest BCUT2D eigenvalue weighted by atomic mass is 10.1. The first-order chi connectivity index (χ1) is 26.9. The fraction of sp³-hybridized carbons (Fsp3) is 0.717. The van der Waals surface area contributed by atoms with Crippen LogP contribution >= 0.6 is 7.82 Å². The summed E-state index contributed by atoms with van der Waals surface area (Å²) in [5.74, 6) is -0.350. The molecular weight excluding hydrogens is 709 g/mol. The summed E-state index contributed by atoms with van der Waals surface area (Å²) >= 11 is 0. The molecule has 0 aliphatic rings. The van der Waals surface area contributed by atoms with Gasteiger partial charge in [0, 0.05) is 19.6 Å². The molecule has 0 spiro atoms. The number of phosphoric ester groups is 1. The van der Waals surface area contributed by atoms with E-state index in [2.05, 4.69) is 86.8 Å². The molecule has 0 heterocycles. The van der Waals surface area contributed by atoms with E-state index in [-0.39, 0.29) is 32.3 Å². The number of nitrogens with two attached hydrogens (primary N) is 1. The van der Waals surface area contributed by atoms with Crippen molar-refractivity contribution in [2.75, 3.05) is 33.0 Å². The minimum atomic E-state index is -4.29. The van der Waals surface area contributed by atoms with Crippen molar-refractivity contribution in [1.82, 2.24) is 0 Å². The first kappa shape index (κ1) is 52.9. The lowest BCUT2D eigenvalue weighted by molar-refractivity contribution is -0.154. The molecule has 0 radical (unpaired) electrons. The third-order valence-corrected chi connectivity index (χ3v) is 9.84. The van der Waals surface area contributed by atoms with Crippen molar-refractivity contribution in [2.45, 2.75) is 180 Å². The van der Waals surface area contributed by atoms with Crippen LogP contribution in [0.5, 0.6) is 0 Å². The van der Waals surface area contributed by atoms with E-state index in [0.717, 1.165) is 83.5 Å². The van der Waals surface area contributed by atoms with Crippen LogP contribution in [0, 0.1) is 0 Å².